The molecule has 0 radical (unpaired) electrons. The van der Waals surface area contributed by atoms with Crippen molar-refractivity contribution in [1.82, 2.24) is 10.2 Å². The first-order valence-corrected chi connectivity index (χ1v) is 9.13. The minimum absolute atomic E-state index is 0.0399. The molecule has 1 aliphatic carbocycles. The number of nitrogens with one attached hydrogen (secondary N) is 1. The second-order valence-electron chi connectivity index (χ2n) is 6.33. The molecular formula is C17H24N2OS. The first-order valence-electron chi connectivity index (χ1n) is 7.74. The molecule has 1 aromatic carbocycles. The zero-order chi connectivity index (χ0) is 15.0. The molecule has 1 N–H and O–H groups in total. The number of carbonyl (C=O) groups is 1. The Morgan fingerprint density at radius 1 is 1.43 bits per heavy atom. The van der Waals surface area contributed by atoms with Crippen LogP contribution in [0, 0.1) is 6.92 Å². The van der Waals surface area contributed by atoms with E-state index in [4.69, 9.17) is 0 Å². The van der Waals surface area contributed by atoms with E-state index in [9.17, 15) is 4.79 Å². The van der Waals surface area contributed by atoms with Crippen LogP contribution < -0.4 is 5.32 Å². The van der Waals surface area contributed by atoms with E-state index < -0.39 is 0 Å². The lowest BCUT2D eigenvalue weighted by atomic mass is 10.0. The van der Waals surface area contributed by atoms with E-state index in [-0.39, 0.29) is 17.7 Å². The standard InChI is InChI=1S/C17H24N2OS/c1-12-6-4-5-7-14(12)15-18-17(9-10-17)16(20)19(15)13(2)8-11-21-3/h4-7,13,15,18H,8-11H2,1-3H3. The lowest BCUT2D eigenvalue weighted by molar-refractivity contribution is -0.132. The molecule has 1 heterocycles. The average Bonchev–Trinajstić information content (AvgIpc) is 3.19. The molecular weight excluding hydrogens is 280 g/mol. The molecule has 4 heteroatoms. The molecule has 114 valence electrons. The van der Waals surface area contributed by atoms with Crippen molar-refractivity contribution in [2.24, 2.45) is 0 Å². The van der Waals surface area contributed by atoms with Gasteiger partial charge in [0.15, 0.2) is 0 Å². The smallest absolute Gasteiger partial charge is 0.244 e. The summed E-state index contributed by atoms with van der Waals surface area (Å²) in [5, 5.41) is 3.63. The van der Waals surface area contributed by atoms with E-state index in [2.05, 4.69) is 54.6 Å². The van der Waals surface area contributed by atoms with E-state index >= 15 is 0 Å². The van der Waals surface area contributed by atoms with Crippen LogP contribution in [-0.2, 0) is 4.79 Å². The van der Waals surface area contributed by atoms with E-state index in [1.165, 1.54) is 11.1 Å². The summed E-state index contributed by atoms with van der Waals surface area (Å²) in [7, 11) is 0. The maximum atomic E-state index is 12.8. The maximum absolute atomic E-state index is 12.8. The van der Waals surface area contributed by atoms with Gasteiger partial charge in [-0.15, -0.1) is 0 Å². The quantitative estimate of drug-likeness (QED) is 0.907. The van der Waals surface area contributed by atoms with Gasteiger partial charge in [-0.2, -0.15) is 11.8 Å². The van der Waals surface area contributed by atoms with Crippen LogP contribution in [0.25, 0.3) is 0 Å². The van der Waals surface area contributed by atoms with E-state index in [1.54, 1.807) is 0 Å². The van der Waals surface area contributed by atoms with Gasteiger partial charge in [0.25, 0.3) is 0 Å². The first-order chi connectivity index (χ1) is 10.1. The van der Waals surface area contributed by atoms with Crippen LogP contribution in [0.1, 0.15) is 43.5 Å². The molecule has 2 atom stereocenters. The Kier molecular flexibility index (Phi) is 4.02. The van der Waals surface area contributed by atoms with Gasteiger partial charge in [0.2, 0.25) is 5.91 Å². The van der Waals surface area contributed by atoms with E-state index in [0.717, 1.165) is 25.0 Å². The third-order valence-corrected chi connectivity index (χ3v) is 5.43. The van der Waals surface area contributed by atoms with Crippen LogP contribution >= 0.6 is 11.8 Å². The number of amides is 1. The summed E-state index contributed by atoms with van der Waals surface area (Å²) in [6, 6.07) is 8.68. The van der Waals surface area contributed by atoms with Gasteiger partial charge in [-0.1, -0.05) is 24.3 Å². The summed E-state index contributed by atoms with van der Waals surface area (Å²) in [6.45, 7) is 4.31. The molecule has 2 aliphatic rings. The summed E-state index contributed by atoms with van der Waals surface area (Å²) >= 11 is 1.85. The Bertz CT molecular complexity index is 541. The highest BCUT2D eigenvalue weighted by Gasteiger charge is 2.60. The molecule has 1 aliphatic heterocycles. The molecule has 1 saturated carbocycles. The Labute approximate surface area is 131 Å². The Morgan fingerprint density at radius 2 is 2.14 bits per heavy atom. The monoisotopic (exact) mass is 304 g/mol. The predicted octanol–water partition coefficient (Wildman–Crippen LogP) is 3.10. The van der Waals surface area contributed by atoms with Crippen LogP contribution in [0.3, 0.4) is 0 Å². The molecule has 1 saturated heterocycles. The SMILES string of the molecule is CSCCC(C)N1C(=O)C2(CC2)NC1c1ccccc1C. The fraction of sp³-hybridized carbons (Fsp3) is 0.588. The molecule has 1 amide bonds. The topological polar surface area (TPSA) is 32.3 Å². The van der Waals surface area contributed by atoms with Crippen LogP contribution in [0.4, 0.5) is 0 Å². The molecule has 3 nitrogen and oxygen atoms in total. The van der Waals surface area contributed by atoms with Gasteiger partial charge >= 0.3 is 0 Å². The fourth-order valence-electron chi connectivity index (χ4n) is 3.24. The predicted molar refractivity (Wildman–Crippen MR) is 88.3 cm³/mol. The molecule has 0 bridgehead atoms. The normalized spacial score (nSPS) is 24.6. The van der Waals surface area contributed by atoms with Gasteiger partial charge in [0, 0.05) is 6.04 Å². The zero-order valence-corrected chi connectivity index (χ0v) is 13.9. The van der Waals surface area contributed by atoms with Gasteiger partial charge < -0.3 is 4.90 Å². The van der Waals surface area contributed by atoms with Crippen molar-refractivity contribution >= 4 is 17.7 Å². The van der Waals surface area contributed by atoms with Crippen molar-refractivity contribution in [3.8, 4) is 0 Å². The maximum Gasteiger partial charge on any atom is 0.244 e. The number of thioether (sulfide) groups is 1. The van der Waals surface area contributed by atoms with Crippen molar-refractivity contribution in [2.75, 3.05) is 12.0 Å². The van der Waals surface area contributed by atoms with Crippen molar-refractivity contribution in [3.63, 3.8) is 0 Å². The third-order valence-electron chi connectivity index (χ3n) is 4.78. The van der Waals surface area contributed by atoms with Gasteiger partial charge in [-0.3, -0.25) is 10.1 Å². The Hall–Kier alpha value is -1.00. The van der Waals surface area contributed by atoms with Crippen LogP contribution in [0.5, 0.6) is 0 Å². The summed E-state index contributed by atoms with van der Waals surface area (Å²) in [5.74, 6) is 1.41. The van der Waals surface area contributed by atoms with Crippen molar-refractivity contribution in [1.29, 1.82) is 0 Å². The summed E-state index contributed by atoms with van der Waals surface area (Å²) < 4.78 is 0. The van der Waals surface area contributed by atoms with Gasteiger partial charge in [0.05, 0.1) is 0 Å². The molecule has 1 aromatic rings. The van der Waals surface area contributed by atoms with E-state index in [0.29, 0.717) is 5.91 Å². The number of nitrogens with zero attached hydrogens (tertiary/aromatic N) is 1. The van der Waals surface area contributed by atoms with Crippen molar-refractivity contribution in [3.05, 3.63) is 35.4 Å². The highest BCUT2D eigenvalue weighted by Crippen LogP contribution is 2.47. The molecule has 2 fully saturated rings. The second-order valence-corrected chi connectivity index (χ2v) is 7.31. The van der Waals surface area contributed by atoms with Crippen molar-refractivity contribution < 1.29 is 4.79 Å². The fourth-order valence-corrected chi connectivity index (χ4v) is 3.82. The number of hydrogen-bond acceptors (Lipinski definition) is 3. The number of rotatable bonds is 5. The number of carbonyl (C=O) groups excluding carboxylic acids is 1. The molecule has 1 spiro atoms. The van der Waals surface area contributed by atoms with Crippen LogP contribution in [0.15, 0.2) is 24.3 Å². The van der Waals surface area contributed by atoms with Gasteiger partial charge in [-0.25, -0.2) is 0 Å². The largest absolute Gasteiger partial charge is 0.319 e. The molecule has 3 rings (SSSR count). The molecule has 2 unspecified atom stereocenters. The van der Waals surface area contributed by atoms with Gasteiger partial charge in [-0.05, 0) is 56.2 Å². The average molecular weight is 304 g/mol. The highest BCUT2D eigenvalue weighted by atomic mass is 32.2. The Morgan fingerprint density at radius 3 is 2.76 bits per heavy atom. The highest BCUT2D eigenvalue weighted by molar-refractivity contribution is 7.98. The molecule has 21 heavy (non-hydrogen) atoms. The van der Waals surface area contributed by atoms with Gasteiger partial charge in [0.1, 0.15) is 11.7 Å². The second kappa shape index (κ2) is 5.65. The lowest BCUT2D eigenvalue weighted by Gasteiger charge is -2.31. The summed E-state index contributed by atoms with van der Waals surface area (Å²) in [4.78, 5) is 14.9. The Balaban J connectivity index is 1.90. The molecule has 0 aromatic heterocycles. The third kappa shape index (κ3) is 2.59. The minimum Gasteiger partial charge on any atom is -0.319 e. The lowest BCUT2D eigenvalue weighted by Crippen LogP contribution is -2.39. The number of aryl methyl sites for hydroxylation is 1. The zero-order valence-electron chi connectivity index (χ0n) is 13.1. The number of benzene rings is 1. The number of hydrogen-bond donors (Lipinski definition) is 1. The first kappa shape index (κ1) is 14.9. The van der Waals surface area contributed by atoms with Crippen LogP contribution in [-0.4, -0.2) is 34.4 Å². The van der Waals surface area contributed by atoms with Crippen LogP contribution in [0.2, 0.25) is 0 Å². The summed E-state index contributed by atoms with van der Waals surface area (Å²) in [6.07, 6.45) is 5.18. The summed E-state index contributed by atoms with van der Waals surface area (Å²) in [5.41, 5.74) is 2.24. The van der Waals surface area contributed by atoms with Crippen molar-refractivity contribution in [2.45, 2.75) is 50.9 Å². The van der Waals surface area contributed by atoms with E-state index in [1.807, 2.05) is 11.8 Å². The minimum atomic E-state index is -0.249.